The summed E-state index contributed by atoms with van der Waals surface area (Å²) in [5.74, 6) is 1.46. The minimum absolute atomic E-state index is 0.0114. The van der Waals surface area contributed by atoms with Gasteiger partial charge in [0.1, 0.15) is 27.8 Å². The fourth-order valence-corrected chi connectivity index (χ4v) is 10.2. The van der Waals surface area contributed by atoms with Gasteiger partial charge in [0.2, 0.25) is 10.0 Å². The molecule has 5 heterocycles. The van der Waals surface area contributed by atoms with E-state index in [-0.39, 0.29) is 27.5 Å². The highest BCUT2D eigenvalue weighted by Gasteiger charge is 2.45. The normalized spacial score (nSPS) is 23.2. The Morgan fingerprint density at radius 1 is 0.915 bits per heavy atom. The summed E-state index contributed by atoms with van der Waals surface area (Å²) < 4.78 is 35.8. The third-order valence-electron chi connectivity index (χ3n) is 11.4. The minimum Gasteiger partial charge on any atom is -0.464 e. The zero-order chi connectivity index (χ0) is 33.1. The van der Waals surface area contributed by atoms with Crippen molar-refractivity contribution < 1.29 is 17.6 Å². The molecule has 7 rings (SSSR count). The molecule has 1 amide bonds. The van der Waals surface area contributed by atoms with E-state index in [0.29, 0.717) is 37.0 Å². The smallest absolute Gasteiger partial charge is 0.258 e. The van der Waals surface area contributed by atoms with E-state index in [9.17, 15) is 13.2 Å². The molecule has 10 heteroatoms. The van der Waals surface area contributed by atoms with Gasteiger partial charge in [-0.1, -0.05) is 42.5 Å². The first kappa shape index (κ1) is 32.1. The quantitative estimate of drug-likeness (QED) is 0.223. The number of sulfonamides is 1. The number of furan rings is 1. The zero-order valence-corrected chi connectivity index (χ0v) is 29.1. The molecule has 0 aliphatic carbocycles. The SMILES string of the molecule is Cc1oc(C)c(S(=O)(=O)N(C)C)c1C(=O)N1CCC(CCN2C3CCC2CC(n2c(C)nc4ccccc42)C3)(c2ccccc2)CC1. The lowest BCUT2D eigenvalue weighted by Crippen LogP contribution is -2.49. The van der Waals surface area contributed by atoms with Crippen LogP contribution in [0, 0.1) is 20.8 Å². The highest BCUT2D eigenvalue weighted by atomic mass is 32.2. The van der Waals surface area contributed by atoms with Gasteiger partial charge in [0.25, 0.3) is 5.91 Å². The maximum absolute atomic E-state index is 14.0. The van der Waals surface area contributed by atoms with Gasteiger partial charge in [-0.25, -0.2) is 17.7 Å². The van der Waals surface area contributed by atoms with Crippen molar-refractivity contribution in [1.29, 1.82) is 0 Å². The Balaban J connectivity index is 1.08. The van der Waals surface area contributed by atoms with Crippen molar-refractivity contribution >= 4 is 27.0 Å². The van der Waals surface area contributed by atoms with Gasteiger partial charge in [-0.3, -0.25) is 9.69 Å². The molecule has 47 heavy (non-hydrogen) atoms. The number of hydrogen-bond acceptors (Lipinski definition) is 6. The first-order valence-corrected chi connectivity index (χ1v) is 18.5. The maximum Gasteiger partial charge on any atom is 0.258 e. The minimum atomic E-state index is -3.84. The monoisotopic (exact) mass is 657 g/mol. The second-order valence-corrected chi connectivity index (χ2v) is 16.2. The Kier molecular flexibility index (Phi) is 8.33. The molecule has 3 fully saturated rings. The van der Waals surface area contributed by atoms with Crippen molar-refractivity contribution in [1.82, 2.24) is 23.7 Å². The third-order valence-corrected chi connectivity index (χ3v) is 13.4. The molecule has 2 bridgehead atoms. The number of imidazole rings is 1. The van der Waals surface area contributed by atoms with Gasteiger partial charge in [0.15, 0.2) is 0 Å². The van der Waals surface area contributed by atoms with Gasteiger partial charge in [0, 0.05) is 45.3 Å². The van der Waals surface area contributed by atoms with E-state index in [4.69, 9.17) is 9.40 Å². The number of piperidine rings is 2. The Morgan fingerprint density at radius 3 is 2.21 bits per heavy atom. The van der Waals surface area contributed by atoms with Crippen LogP contribution in [0.25, 0.3) is 11.0 Å². The van der Waals surface area contributed by atoms with Gasteiger partial charge >= 0.3 is 0 Å². The van der Waals surface area contributed by atoms with Gasteiger partial charge in [0.05, 0.1) is 11.0 Å². The summed E-state index contributed by atoms with van der Waals surface area (Å²) in [6, 6.07) is 20.9. The molecule has 250 valence electrons. The van der Waals surface area contributed by atoms with Crippen LogP contribution in [0.4, 0.5) is 0 Å². The van der Waals surface area contributed by atoms with Gasteiger partial charge in [-0.05, 0) is 95.4 Å². The summed E-state index contributed by atoms with van der Waals surface area (Å²) >= 11 is 0. The number of amides is 1. The molecule has 2 atom stereocenters. The molecule has 3 aliphatic rings. The van der Waals surface area contributed by atoms with E-state index in [2.05, 4.69) is 71.0 Å². The lowest BCUT2D eigenvalue weighted by Gasteiger charge is -2.45. The van der Waals surface area contributed by atoms with Crippen molar-refractivity contribution in [3.05, 3.63) is 83.1 Å². The molecule has 3 saturated heterocycles. The highest BCUT2D eigenvalue weighted by molar-refractivity contribution is 7.89. The van der Waals surface area contributed by atoms with Gasteiger partial charge in [-0.2, -0.15) is 0 Å². The number of fused-ring (bicyclic) bond motifs is 3. The summed E-state index contributed by atoms with van der Waals surface area (Å²) in [5.41, 5.74) is 3.79. The number of aryl methyl sites for hydroxylation is 3. The average Bonchev–Trinajstić information content (AvgIpc) is 3.65. The fourth-order valence-electron chi connectivity index (χ4n) is 8.96. The van der Waals surface area contributed by atoms with E-state index < -0.39 is 10.0 Å². The Hall–Kier alpha value is -3.47. The van der Waals surface area contributed by atoms with E-state index in [1.807, 2.05) is 4.90 Å². The number of likely N-dealkylation sites (tertiary alicyclic amines) is 1. The van der Waals surface area contributed by atoms with Crippen LogP contribution in [0.1, 0.15) is 84.3 Å². The second kappa shape index (κ2) is 12.2. The van der Waals surface area contributed by atoms with Crippen molar-refractivity contribution in [3.63, 3.8) is 0 Å². The Bertz CT molecular complexity index is 1870. The number of para-hydroxylation sites is 2. The van der Waals surface area contributed by atoms with Crippen LogP contribution >= 0.6 is 0 Å². The molecule has 2 aromatic heterocycles. The maximum atomic E-state index is 14.0. The zero-order valence-electron chi connectivity index (χ0n) is 28.3. The molecule has 0 spiro atoms. The number of benzene rings is 2. The third kappa shape index (κ3) is 5.52. The summed E-state index contributed by atoms with van der Waals surface area (Å²) in [6.07, 6.45) is 7.50. The topological polar surface area (TPSA) is 91.9 Å². The second-order valence-electron chi connectivity index (χ2n) is 14.2. The molecule has 4 aromatic rings. The molecule has 3 aliphatic heterocycles. The predicted molar refractivity (Wildman–Crippen MR) is 183 cm³/mol. The van der Waals surface area contributed by atoms with Crippen molar-refractivity contribution in [2.75, 3.05) is 33.7 Å². The Morgan fingerprint density at radius 2 is 1.55 bits per heavy atom. The lowest BCUT2D eigenvalue weighted by molar-refractivity contribution is 0.0602. The molecule has 2 aromatic carbocycles. The molecular weight excluding hydrogens is 611 g/mol. The van der Waals surface area contributed by atoms with E-state index in [0.717, 1.165) is 54.3 Å². The number of carbonyl (C=O) groups is 1. The fraction of sp³-hybridized carbons (Fsp3) is 0.514. The molecule has 9 nitrogen and oxygen atoms in total. The van der Waals surface area contributed by atoms with Crippen molar-refractivity contribution in [2.45, 2.75) is 94.2 Å². The van der Waals surface area contributed by atoms with Crippen LogP contribution in [0.2, 0.25) is 0 Å². The number of aromatic nitrogens is 2. The van der Waals surface area contributed by atoms with Crippen LogP contribution < -0.4 is 0 Å². The van der Waals surface area contributed by atoms with Crippen LogP contribution in [0.3, 0.4) is 0 Å². The summed E-state index contributed by atoms with van der Waals surface area (Å²) in [7, 11) is -0.879. The van der Waals surface area contributed by atoms with Crippen molar-refractivity contribution in [3.8, 4) is 0 Å². The van der Waals surface area contributed by atoms with E-state index >= 15 is 0 Å². The van der Waals surface area contributed by atoms with Gasteiger partial charge < -0.3 is 13.9 Å². The standard InChI is InChI=1S/C37H47N5O4S/c1-25-34(35(26(2)46-25)47(44,45)39(4)5)36(43)40-20-17-37(18-21-40,28-11-7-6-8-12-28)19-22-41-29-15-16-30(41)24-31(23-29)42-27(3)38-32-13-9-10-14-33(32)42/h6-14,29-31H,15-24H2,1-5H3. The van der Waals surface area contributed by atoms with Gasteiger partial charge in [-0.15, -0.1) is 0 Å². The molecule has 0 N–H and O–H groups in total. The Labute approximate surface area is 278 Å². The summed E-state index contributed by atoms with van der Waals surface area (Å²) in [6.45, 7) is 7.63. The lowest BCUT2D eigenvalue weighted by atomic mass is 9.70. The molecule has 2 unspecified atom stereocenters. The first-order chi connectivity index (χ1) is 22.5. The number of rotatable bonds is 8. The van der Waals surface area contributed by atoms with Crippen LogP contribution in [-0.4, -0.2) is 83.8 Å². The highest BCUT2D eigenvalue weighted by Crippen LogP contribution is 2.45. The summed E-state index contributed by atoms with van der Waals surface area (Å²) in [5, 5.41) is 0. The average molecular weight is 658 g/mol. The first-order valence-electron chi connectivity index (χ1n) is 17.1. The number of carbonyl (C=O) groups excluding carboxylic acids is 1. The van der Waals surface area contributed by atoms with Crippen LogP contribution in [0.15, 0.2) is 63.9 Å². The predicted octanol–water partition coefficient (Wildman–Crippen LogP) is 6.24. The molecule has 0 radical (unpaired) electrons. The summed E-state index contributed by atoms with van der Waals surface area (Å²) in [4.78, 5) is 23.5. The largest absolute Gasteiger partial charge is 0.464 e. The van der Waals surface area contributed by atoms with Crippen LogP contribution in [-0.2, 0) is 15.4 Å². The number of nitrogens with zero attached hydrogens (tertiary/aromatic N) is 5. The van der Waals surface area contributed by atoms with Crippen LogP contribution in [0.5, 0.6) is 0 Å². The molecular formula is C37H47N5O4S. The van der Waals surface area contributed by atoms with E-state index in [1.165, 1.54) is 38.0 Å². The molecule has 0 saturated carbocycles. The number of hydrogen-bond donors (Lipinski definition) is 0. The van der Waals surface area contributed by atoms with E-state index in [1.54, 1.807) is 13.8 Å². The van der Waals surface area contributed by atoms with Crippen molar-refractivity contribution in [2.24, 2.45) is 0 Å².